The second-order valence-electron chi connectivity index (χ2n) is 6.03. The molecule has 0 saturated heterocycles. The number of halogens is 10. The van der Waals surface area contributed by atoms with Gasteiger partial charge in [-0.2, -0.15) is 35.1 Å². The number of hydrogen-bond acceptors (Lipinski definition) is 1. The summed E-state index contributed by atoms with van der Waals surface area (Å²) >= 11 is 5.64. The molecule has 2 rings (SSSR count). The molecule has 0 amide bonds. The fourth-order valence-electron chi connectivity index (χ4n) is 2.78. The van der Waals surface area contributed by atoms with Gasteiger partial charge in [-0.15, -0.1) is 0 Å². The van der Waals surface area contributed by atoms with Crippen molar-refractivity contribution in [3.63, 3.8) is 0 Å². The van der Waals surface area contributed by atoms with Crippen molar-refractivity contribution in [3.8, 4) is 0 Å². The van der Waals surface area contributed by atoms with Crippen LogP contribution >= 0.6 is 11.6 Å². The van der Waals surface area contributed by atoms with E-state index in [0.29, 0.717) is 6.92 Å². The molecule has 0 aromatic heterocycles. The van der Waals surface area contributed by atoms with Crippen LogP contribution in [0.1, 0.15) is 18.9 Å². The molecule has 25 heavy (non-hydrogen) atoms. The summed E-state index contributed by atoms with van der Waals surface area (Å²) in [7, 11) is 0. The Morgan fingerprint density at radius 2 is 1.24 bits per heavy atom. The molecule has 0 bridgehead atoms. The minimum atomic E-state index is -6.67. The highest BCUT2D eigenvalue weighted by Crippen LogP contribution is 2.71. The van der Waals surface area contributed by atoms with Crippen LogP contribution in [0.2, 0.25) is 5.02 Å². The Labute approximate surface area is 140 Å². The molecule has 142 valence electrons. The van der Waals surface area contributed by atoms with E-state index in [9.17, 15) is 44.6 Å². The minimum absolute atomic E-state index is 0.390. The molecular weight excluding hydrogens is 391 g/mol. The third-order valence-electron chi connectivity index (χ3n) is 4.22. The monoisotopic (exact) mass is 400 g/mol. The van der Waals surface area contributed by atoms with Crippen LogP contribution in [0.4, 0.5) is 39.5 Å². The molecular formula is C14H10ClF9O. The molecule has 1 aromatic carbocycles. The van der Waals surface area contributed by atoms with E-state index in [1.54, 1.807) is 0 Å². The van der Waals surface area contributed by atoms with Gasteiger partial charge in [0, 0.05) is 17.0 Å². The summed E-state index contributed by atoms with van der Waals surface area (Å²) < 4.78 is 122. The molecule has 1 fully saturated rings. The maximum atomic E-state index is 14.5. The Morgan fingerprint density at radius 3 is 1.64 bits per heavy atom. The normalized spacial score (nSPS) is 27.7. The highest BCUT2D eigenvalue weighted by Gasteiger charge is 3.00. The zero-order chi connectivity index (χ0) is 19.7. The standard InChI is InChI=1S/C14H10ClF9O/c1-9(25,7-4-2-3-5-8(7)15)6-10(16)11(17,18)13(21,22)14(23,24)12(10,19)20/h2-5,25H,6H2,1H3. The van der Waals surface area contributed by atoms with Crippen LogP contribution < -0.4 is 0 Å². The Hall–Kier alpha value is -1.16. The van der Waals surface area contributed by atoms with E-state index in [2.05, 4.69) is 0 Å². The van der Waals surface area contributed by atoms with E-state index in [1.165, 1.54) is 6.07 Å². The predicted molar refractivity (Wildman–Crippen MR) is 69.3 cm³/mol. The van der Waals surface area contributed by atoms with Crippen molar-refractivity contribution in [1.29, 1.82) is 0 Å². The lowest BCUT2D eigenvalue weighted by Gasteiger charge is -2.37. The van der Waals surface area contributed by atoms with Crippen LogP contribution in [-0.2, 0) is 5.60 Å². The van der Waals surface area contributed by atoms with Crippen molar-refractivity contribution in [2.75, 3.05) is 0 Å². The summed E-state index contributed by atoms with van der Waals surface area (Å²) in [6.45, 7) is 0.524. The first-order valence-electron chi connectivity index (χ1n) is 6.65. The van der Waals surface area contributed by atoms with Crippen molar-refractivity contribution in [1.82, 2.24) is 0 Å². The number of alkyl halides is 9. The maximum Gasteiger partial charge on any atom is 0.381 e. The summed E-state index contributed by atoms with van der Waals surface area (Å²) in [6.07, 6.45) is -2.45. The SMILES string of the molecule is CC(O)(CC1(F)C(F)(F)C(F)(F)C(F)(F)C1(F)F)c1ccccc1Cl. The summed E-state index contributed by atoms with van der Waals surface area (Å²) in [4.78, 5) is 0. The van der Waals surface area contributed by atoms with E-state index >= 15 is 0 Å². The van der Waals surface area contributed by atoms with E-state index < -0.39 is 46.9 Å². The molecule has 1 aliphatic carbocycles. The third kappa shape index (κ3) is 2.22. The van der Waals surface area contributed by atoms with Crippen molar-refractivity contribution in [3.05, 3.63) is 34.9 Å². The van der Waals surface area contributed by atoms with E-state index in [0.717, 1.165) is 18.2 Å². The van der Waals surface area contributed by atoms with E-state index in [1.807, 2.05) is 0 Å². The summed E-state index contributed by atoms with van der Waals surface area (Å²) in [5.74, 6) is -26.3. The first-order valence-corrected chi connectivity index (χ1v) is 7.03. The molecule has 0 spiro atoms. The Kier molecular flexibility index (Phi) is 4.18. The largest absolute Gasteiger partial charge is 0.385 e. The van der Waals surface area contributed by atoms with Gasteiger partial charge in [0.15, 0.2) is 0 Å². The second-order valence-corrected chi connectivity index (χ2v) is 6.44. The first kappa shape index (κ1) is 20.2. The molecule has 1 N–H and O–H groups in total. The molecule has 11 heteroatoms. The van der Waals surface area contributed by atoms with Gasteiger partial charge in [0.05, 0.1) is 5.60 Å². The first-order chi connectivity index (χ1) is 11.0. The van der Waals surface area contributed by atoms with Crippen LogP contribution in [0, 0.1) is 0 Å². The van der Waals surface area contributed by atoms with Crippen molar-refractivity contribution in [2.45, 2.75) is 48.3 Å². The lowest BCUT2D eigenvalue weighted by Crippen LogP contribution is -2.57. The minimum Gasteiger partial charge on any atom is -0.385 e. The highest BCUT2D eigenvalue weighted by atomic mass is 35.5. The number of benzene rings is 1. The fourth-order valence-corrected chi connectivity index (χ4v) is 3.12. The zero-order valence-electron chi connectivity index (χ0n) is 12.2. The lowest BCUT2D eigenvalue weighted by molar-refractivity contribution is -0.303. The molecule has 1 aliphatic rings. The zero-order valence-corrected chi connectivity index (χ0v) is 13.0. The van der Waals surface area contributed by atoms with Crippen molar-refractivity contribution >= 4 is 11.6 Å². The van der Waals surface area contributed by atoms with Crippen molar-refractivity contribution in [2.24, 2.45) is 0 Å². The molecule has 1 saturated carbocycles. The molecule has 0 radical (unpaired) electrons. The van der Waals surface area contributed by atoms with Gasteiger partial charge in [-0.25, -0.2) is 4.39 Å². The molecule has 0 aliphatic heterocycles. The van der Waals surface area contributed by atoms with E-state index in [4.69, 9.17) is 11.6 Å². The Morgan fingerprint density at radius 1 is 0.840 bits per heavy atom. The second kappa shape index (κ2) is 5.18. The van der Waals surface area contributed by atoms with Gasteiger partial charge >= 0.3 is 23.7 Å². The average Bonchev–Trinajstić information content (AvgIpc) is 2.49. The van der Waals surface area contributed by atoms with E-state index in [-0.39, 0.29) is 5.02 Å². The van der Waals surface area contributed by atoms with Crippen molar-refractivity contribution < 1.29 is 44.6 Å². The maximum absolute atomic E-state index is 14.5. The molecule has 1 aromatic rings. The Bertz CT molecular complexity index is 661. The topological polar surface area (TPSA) is 20.2 Å². The number of hydrogen-bond donors (Lipinski definition) is 1. The van der Waals surface area contributed by atoms with Gasteiger partial charge in [0.2, 0.25) is 0 Å². The molecule has 1 atom stereocenters. The van der Waals surface area contributed by atoms with Gasteiger partial charge in [0.25, 0.3) is 5.67 Å². The van der Waals surface area contributed by atoms with Gasteiger partial charge in [-0.1, -0.05) is 29.8 Å². The average molecular weight is 401 g/mol. The summed E-state index contributed by atoms with van der Waals surface area (Å²) in [5, 5.41) is 9.73. The van der Waals surface area contributed by atoms with Crippen LogP contribution in [0.25, 0.3) is 0 Å². The van der Waals surface area contributed by atoms with Crippen LogP contribution in [0.5, 0.6) is 0 Å². The number of aliphatic hydroxyl groups is 1. The van der Waals surface area contributed by atoms with Gasteiger partial charge in [-0.3, -0.25) is 0 Å². The molecule has 1 unspecified atom stereocenters. The number of rotatable bonds is 3. The lowest BCUT2D eigenvalue weighted by atomic mass is 9.80. The summed E-state index contributed by atoms with van der Waals surface area (Å²) in [6, 6.07) is 4.44. The summed E-state index contributed by atoms with van der Waals surface area (Å²) in [5.41, 5.74) is -9.29. The highest BCUT2D eigenvalue weighted by molar-refractivity contribution is 6.31. The Balaban J connectivity index is 2.63. The fraction of sp³-hybridized carbons (Fsp3) is 0.571. The van der Waals surface area contributed by atoms with Gasteiger partial charge < -0.3 is 5.11 Å². The predicted octanol–water partition coefficient (Wildman–Crippen LogP) is 5.20. The van der Waals surface area contributed by atoms with Crippen LogP contribution in [-0.4, -0.2) is 34.5 Å². The molecule has 1 nitrogen and oxygen atoms in total. The quantitative estimate of drug-likeness (QED) is 0.691. The van der Waals surface area contributed by atoms with Crippen LogP contribution in [0.3, 0.4) is 0 Å². The van der Waals surface area contributed by atoms with Crippen LogP contribution in [0.15, 0.2) is 24.3 Å². The van der Waals surface area contributed by atoms with Gasteiger partial charge in [0.1, 0.15) is 0 Å². The van der Waals surface area contributed by atoms with Gasteiger partial charge in [-0.05, 0) is 13.0 Å². The smallest absolute Gasteiger partial charge is 0.381 e. The molecule has 0 heterocycles. The third-order valence-corrected chi connectivity index (χ3v) is 4.55.